The quantitative estimate of drug-likeness (QED) is 0.588. The highest BCUT2D eigenvalue weighted by Gasteiger charge is 2.15. The van der Waals surface area contributed by atoms with Gasteiger partial charge in [-0.2, -0.15) is 5.10 Å². The molecule has 5 rings (SSSR count). The highest BCUT2D eigenvalue weighted by atomic mass is 15.3. The van der Waals surface area contributed by atoms with Crippen LogP contribution >= 0.6 is 0 Å². The van der Waals surface area contributed by atoms with Gasteiger partial charge in [-0.1, -0.05) is 6.07 Å². The molecule has 1 saturated heterocycles. The van der Waals surface area contributed by atoms with E-state index in [0.29, 0.717) is 0 Å². The SMILES string of the molecule is Cc1[nH]nc2ccc(-c3cnc4ccc(N5CCNCC5)nn34)cc12.[HH].[HH]. The second-order valence-electron chi connectivity index (χ2n) is 6.42. The molecule has 0 radical (unpaired) electrons. The molecule has 0 amide bonds. The average molecular weight is 337 g/mol. The number of aromatic nitrogens is 5. The number of fused-ring (bicyclic) bond motifs is 2. The van der Waals surface area contributed by atoms with Crippen molar-refractivity contribution in [3.8, 4) is 11.3 Å². The summed E-state index contributed by atoms with van der Waals surface area (Å²) in [5.74, 6) is 0.994. The van der Waals surface area contributed by atoms with Crippen LogP contribution in [0.1, 0.15) is 8.55 Å². The van der Waals surface area contributed by atoms with E-state index in [0.717, 1.165) is 65.5 Å². The number of piperazine rings is 1. The Labute approximate surface area is 147 Å². The number of rotatable bonds is 2. The van der Waals surface area contributed by atoms with Crippen molar-refractivity contribution in [3.05, 3.63) is 42.2 Å². The van der Waals surface area contributed by atoms with Gasteiger partial charge in [0.1, 0.15) is 5.82 Å². The third kappa shape index (κ3) is 2.35. The number of hydrogen-bond acceptors (Lipinski definition) is 5. The first-order valence-corrected chi connectivity index (χ1v) is 8.55. The summed E-state index contributed by atoms with van der Waals surface area (Å²) in [5.41, 5.74) is 4.99. The van der Waals surface area contributed by atoms with E-state index in [1.807, 2.05) is 29.8 Å². The van der Waals surface area contributed by atoms with E-state index >= 15 is 0 Å². The molecule has 7 heteroatoms. The van der Waals surface area contributed by atoms with Crippen LogP contribution in [0.25, 0.3) is 27.8 Å². The van der Waals surface area contributed by atoms with E-state index < -0.39 is 0 Å². The molecule has 0 bridgehead atoms. The van der Waals surface area contributed by atoms with Gasteiger partial charge in [-0.25, -0.2) is 9.50 Å². The van der Waals surface area contributed by atoms with Crippen molar-refractivity contribution < 1.29 is 2.85 Å². The first-order valence-electron chi connectivity index (χ1n) is 8.55. The standard InChI is InChI=1S/C18H19N7.2H2/c1-12-14-10-13(2-3-15(14)22-21-12)16-11-20-17-4-5-18(23-25(16)17)24-8-6-19-7-9-24;;/h2-5,10-11,19H,6-9H2,1H3,(H,21,22);2*1H. The molecular weight excluding hydrogens is 314 g/mol. The summed E-state index contributed by atoms with van der Waals surface area (Å²) in [6.45, 7) is 5.97. The number of H-pyrrole nitrogens is 1. The van der Waals surface area contributed by atoms with Crippen LogP contribution in [0, 0.1) is 6.92 Å². The van der Waals surface area contributed by atoms with Gasteiger partial charge in [0.2, 0.25) is 0 Å². The molecule has 0 aliphatic carbocycles. The van der Waals surface area contributed by atoms with E-state index in [1.165, 1.54) is 0 Å². The molecule has 4 aromatic rings. The Balaban J connectivity index is 0.00000105. The molecule has 130 valence electrons. The van der Waals surface area contributed by atoms with Crippen LogP contribution in [0.15, 0.2) is 36.5 Å². The molecule has 0 saturated carbocycles. The smallest absolute Gasteiger partial charge is 0.154 e. The molecule has 1 aliphatic heterocycles. The van der Waals surface area contributed by atoms with Crippen molar-refractivity contribution in [2.24, 2.45) is 0 Å². The fourth-order valence-corrected chi connectivity index (χ4v) is 3.42. The topological polar surface area (TPSA) is 74.1 Å². The van der Waals surface area contributed by atoms with Crippen LogP contribution in [-0.2, 0) is 0 Å². The number of benzene rings is 1. The van der Waals surface area contributed by atoms with Crippen LogP contribution in [-0.4, -0.2) is 51.0 Å². The Hall–Kier alpha value is -2.93. The molecule has 1 fully saturated rings. The lowest BCUT2D eigenvalue weighted by atomic mass is 10.1. The summed E-state index contributed by atoms with van der Waals surface area (Å²) in [4.78, 5) is 6.83. The molecule has 0 spiro atoms. The summed E-state index contributed by atoms with van der Waals surface area (Å²) in [6, 6.07) is 10.4. The average Bonchev–Trinajstić information content (AvgIpc) is 3.25. The van der Waals surface area contributed by atoms with Crippen molar-refractivity contribution in [2.45, 2.75) is 6.92 Å². The minimum atomic E-state index is 0. The van der Waals surface area contributed by atoms with Gasteiger partial charge in [0.25, 0.3) is 0 Å². The largest absolute Gasteiger partial charge is 0.353 e. The number of imidazole rings is 1. The zero-order valence-electron chi connectivity index (χ0n) is 14.0. The van der Waals surface area contributed by atoms with Gasteiger partial charge in [0.05, 0.1) is 17.4 Å². The summed E-state index contributed by atoms with van der Waals surface area (Å²) < 4.78 is 1.94. The zero-order valence-corrected chi connectivity index (χ0v) is 14.0. The Morgan fingerprint density at radius 1 is 1.12 bits per heavy atom. The molecule has 0 atom stereocenters. The van der Waals surface area contributed by atoms with Crippen molar-refractivity contribution in [1.29, 1.82) is 0 Å². The summed E-state index contributed by atoms with van der Waals surface area (Å²) >= 11 is 0. The van der Waals surface area contributed by atoms with Gasteiger partial charge in [-0.3, -0.25) is 5.10 Å². The number of nitrogens with one attached hydrogen (secondary N) is 2. The molecule has 1 aliphatic rings. The van der Waals surface area contributed by atoms with Gasteiger partial charge in [0.15, 0.2) is 5.65 Å². The van der Waals surface area contributed by atoms with E-state index in [-0.39, 0.29) is 2.85 Å². The van der Waals surface area contributed by atoms with E-state index in [1.54, 1.807) is 0 Å². The predicted molar refractivity (Wildman–Crippen MR) is 102 cm³/mol. The van der Waals surface area contributed by atoms with E-state index in [9.17, 15) is 0 Å². The molecule has 7 nitrogen and oxygen atoms in total. The highest BCUT2D eigenvalue weighted by molar-refractivity contribution is 5.86. The third-order valence-corrected chi connectivity index (χ3v) is 4.83. The van der Waals surface area contributed by atoms with Gasteiger partial charge < -0.3 is 10.2 Å². The monoisotopic (exact) mass is 337 g/mol. The lowest BCUT2D eigenvalue weighted by molar-refractivity contribution is 0.582. The van der Waals surface area contributed by atoms with E-state index in [4.69, 9.17) is 5.10 Å². The van der Waals surface area contributed by atoms with Crippen LogP contribution < -0.4 is 10.2 Å². The molecule has 25 heavy (non-hydrogen) atoms. The van der Waals surface area contributed by atoms with Crippen LogP contribution in [0.3, 0.4) is 0 Å². The van der Waals surface area contributed by atoms with E-state index in [2.05, 4.69) is 43.6 Å². The molecule has 1 aromatic carbocycles. The number of aryl methyl sites for hydroxylation is 1. The van der Waals surface area contributed by atoms with Crippen molar-refractivity contribution in [3.63, 3.8) is 0 Å². The number of hydrogen-bond donors (Lipinski definition) is 2. The van der Waals surface area contributed by atoms with Gasteiger partial charge >= 0.3 is 0 Å². The van der Waals surface area contributed by atoms with Gasteiger partial charge in [0, 0.05) is 45.7 Å². The maximum absolute atomic E-state index is 4.85. The fourth-order valence-electron chi connectivity index (χ4n) is 3.42. The minimum absolute atomic E-state index is 0. The first kappa shape index (κ1) is 14.4. The second kappa shape index (κ2) is 5.56. The second-order valence-corrected chi connectivity index (χ2v) is 6.42. The van der Waals surface area contributed by atoms with Crippen LogP contribution in [0.2, 0.25) is 0 Å². The molecule has 2 N–H and O–H groups in total. The lowest BCUT2D eigenvalue weighted by Crippen LogP contribution is -2.44. The summed E-state index contributed by atoms with van der Waals surface area (Å²) in [7, 11) is 0. The van der Waals surface area contributed by atoms with Gasteiger partial charge in [-0.15, -0.1) is 5.10 Å². The van der Waals surface area contributed by atoms with Crippen molar-refractivity contribution >= 4 is 22.4 Å². The number of anilines is 1. The third-order valence-electron chi connectivity index (χ3n) is 4.83. The van der Waals surface area contributed by atoms with Crippen molar-refractivity contribution in [1.82, 2.24) is 30.1 Å². The Morgan fingerprint density at radius 3 is 2.88 bits per heavy atom. The Kier molecular flexibility index (Phi) is 3.21. The number of nitrogens with zero attached hydrogens (tertiary/aromatic N) is 5. The summed E-state index contributed by atoms with van der Waals surface area (Å²) in [6.07, 6.45) is 1.89. The molecule has 0 unspecified atom stereocenters. The Morgan fingerprint density at radius 2 is 2.00 bits per heavy atom. The number of aromatic amines is 1. The maximum Gasteiger partial charge on any atom is 0.154 e. The minimum Gasteiger partial charge on any atom is -0.353 e. The normalized spacial score (nSPS) is 15.3. The van der Waals surface area contributed by atoms with Crippen LogP contribution in [0.4, 0.5) is 5.82 Å². The predicted octanol–water partition coefficient (Wildman–Crippen LogP) is 2.48. The molecule has 4 heterocycles. The van der Waals surface area contributed by atoms with Gasteiger partial charge in [-0.05, 0) is 31.2 Å². The molecule has 3 aromatic heterocycles. The Bertz CT molecular complexity index is 1070. The zero-order chi connectivity index (χ0) is 16.8. The maximum atomic E-state index is 4.85. The molecular formula is C18H23N7. The summed E-state index contributed by atoms with van der Waals surface area (Å²) in [5, 5.41) is 16.7. The lowest BCUT2D eigenvalue weighted by Gasteiger charge is -2.28. The first-order chi connectivity index (χ1) is 12.3. The van der Waals surface area contributed by atoms with Crippen LogP contribution in [0.5, 0.6) is 0 Å². The van der Waals surface area contributed by atoms with Crippen molar-refractivity contribution in [2.75, 3.05) is 31.1 Å². The highest BCUT2D eigenvalue weighted by Crippen LogP contribution is 2.26. The fraction of sp³-hybridized carbons (Fsp3) is 0.278.